The van der Waals surface area contributed by atoms with Crippen LogP contribution >= 0.6 is 27.7 Å². The molecule has 0 fully saturated rings. The standard InChI is InChI=1S/C13H12BrNOS/c1-9(16)10-5-6-13(15-8-10)17-12-4-2-3-11(14)7-12/h2-9,16H,1H3. The summed E-state index contributed by atoms with van der Waals surface area (Å²) in [7, 11) is 0. The molecule has 1 N–H and O–H groups in total. The predicted octanol–water partition coefficient (Wildman–Crippen LogP) is 4.05. The minimum Gasteiger partial charge on any atom is -0.389 e. The van der Waals surface area contributed by atoms with E-state index in [0.29, 0.717) is 0 Å². The fraction of sp³-hybridized carbons (Fsp3) is 0.154. The highest BCUT2D eigenvalue weighted by molar-refractivity contribution is 9.10. The molecule has 2 aromatic rings. The first kappa shape index (κ1) is 12.6. The molecule has 1 atom stereocenters. The van der Waals surface area contributed by atoms with E-state index in [2.05, 4.69) is 27.0 Å². The Bertz CT molecular complexity index is 499. The van der Waals surface area contributed by atoms with Gasteiger partial charge in [-0.05, 0) is 36.8 Å². The van der Waals surface area contributed by atoms with Crippen LogP contribution in [0.4, 0.5) is 0 Å². The van der Waals surface area contributed by atoms with Crippen molar-refractivity contribution in [1.82, 2.24) is 4.98 Å². The van der Waals surface area contributed by atoms with E-state index < -0.39 is 6.10 Å². The molecule has 0 aliphatic heterocycles. The summed E-state index contributed by atoms with van der Waals surface area (Å²) in [5.74, 6) is 0. The third kappa shape index (κ3) is 3.56. The highest BCUT2D eigenvalue weighted by Gasteiger charge is 2.03. The molecule has 4 heteroatoms. The average Bonchev–Trinajstić information content (AvgIpc) is 2.29. The van der Waals surface area contributed by atoms with Crippen molar-refractivity contribution in [2.45, 2.75) is 22.9 Å². The molecule has 1 heterocycles. The molecule has 0 amide bonds. The number of pyridine rings is 1. The van der Waals surface area contributed by atoms with E-state index in [9.17, 15) is 5.11 Å². The van der Waals surface area contributed by atoms with Crippen LogP contribution in [0.2, 0.25) is 0 Å². The zero-order chi connectivity index (χ0) is 12.3. The first-order chi connectivity index (χ1) is 8.15. The molecule has 1 unspecified atom stereocenters. The van der Waals surface area contributed by atoms with Crippen molar-refractivity contribution >= 4 is 27.7 Å². The van der Waals surface area contributed by atoms with Gasteiger partial charge in [0, 0.05) is 15.6 Å². The van der Waals surface area contributed by atoms with Crippen LogP contribution < -0.4 is 0 Å². The number of aromatic nitrogens is 1. The molecule has 0 saturated heterocycles. The summed E-state index contributed by atoms with van der Waals surface area (Å²) in [6.45, 7) is 1.73. The Labute approximate surface area is 113 Å². The second-order valence-corrected chi connectivity index (χ2v) is 5.67. The molecule has 0 spiro atoms. The molecule has 1 aromatic carbocycles. The van der Waals surface area contributed by atoms with Crippen LogP contribution in [-0.2, 0) is 0 Å². The van der Waals surface area contributed by atoms with Gasteiger partial charge in [0.15, 0.2) is 0 Å². The SMILES string of the molecule is CC(O)c1ccc(Sc2cccc(Br)c2)nc1. The van der Waals surface area contributed by atoms with Gasteiger partial charge in [0.05, 0.1) is 6.10 Å². The third-order valence-corrected chi connectivity index (χ3v) is 3.69. The molecular formula is C13H12BrNOS. The molecule has 0 radical (unpaired) electrons. The smallest absolute Gasteiger partial charge is 0.101 e. The van der Waals surface area contributed by atoms with Crippen molar-refractivity contribution in [2.24, 2.45) is 0 Å². The van der Waals surface area contributed by atoms with E-state index in [-0.39, 0.29) is 0 Å². The number of nitrogens with zero attached hydrogens (tertiary/aromatic N) is 1. The molecule has 0 aliphatic carbocycles. The molecule has 1 aromatic heterocycles. The minimum absolute atomic E-state index is 0.465. The van der Waals surface area contributed by atoms with Crippen LogP contribution in [0.3, 0.4) is 0 Å². The third-order valence-electron chi connectivity index (χ3n) is 2.26. The molecule has 2 rings (SSSR count). The summed E-state index contributed by atoms with van der Waals surface area (Å²) < 4.78 is 1.06. The highest BCUT2D eigenvalue weighted by atomic mass is 79.9. The van der Waals surface area contributed by atoms with Gasteiger partial charge < -0.3 is 5.11 Å². The van der Waals surface area contributed by atoms with Crippen molar-refractivity contribution in [3.05, 3.63) is 52.6 Å². The maximum Gasteiger partial charge on any atom is 0.101 e. The number of rotatable bonds is 3. The fourth-order valence-corrected chi connectivity index (χ4v) is 2.72. The number of aliphatic hydroxyl groups is 1. The molecule has 0 saturated carbocycles. The van der Waals surface area contributed by atoms with Crippen molar-refractivity contribution in [3.63, 3.8) is 0 Å². The van der Waals surface area contributed by atoms with E-state index in [1.54, 1.807) is 24.9 Å². The lowest BCUT2D eigenvalue weighted by Gasteiger charge is -2.05. The zero-order valence-electron chi connectivity index (χ0n) is 9.30. The van der Waals surface area contributed by atoms with Gasteiger partial charge in [-0.15, -0.1) is 0 Å². The maximum atomic E-state index is 9.39. The van der Waals surface area contributed by atoms with Gasteiger partial charge >= 0.3 is 0 Å². The van der Waals surface area contributed by atoms with Crippen LogP contribution in [0, 0.1) is 0 Å². The van der Waals surface area contributed by atoms with Crippen LogP contribution in [0.15, 0.2) is 57.0 Å². The van der Waals surface area contributed by atoms with E-state index in [1.165, 1.54) is 0 Å². The van der Waals surface area contributed by atoms with Crippen LogP contribution in [0.1, 0.15) is 18.6 Å². The number of benzene rings is 1. The normalized spacial score (nSPS) is 12.4. The molecular weight excluding hydrogens is 298 g/mol. The Kier molecular flexibility index (Phi) is 4.20. The second-order valence-electron chi connectivity index (χ2n) is 3.67. The maximum absolute atomic E-state index is 9.39. The van der Waals surface area contributed by atoms with Crippen LogP contribution in [-0.4, -0.2) is 10.1 Å². The number of aliphatic hydroxyl groups excluding tert-OH is 1. The predicted molar refractivity (Wildman–Crippen MR) is 73.1 cm³/mol. The van der Waals surface area contributed by atoms with Crippen molar-refractivity contribution in [2.75, 3.05) is 0 Å². The van der Waals surface area contributed by atoms with Crippen molar-refractivity contribution in [1.29, 1.82) is 0 Å². The summed E-state index contributed by atoms with van der Waals surface area (Å²) in [5.41, 5.74) is 0.837. The molecule has 88 valence electrons. The fourth-order valence-electron chi connectivity index (χ4n) is 1.35. The Morgan fingerprint density at radius 1 is 1.29 bits per heavy atom. The van der Waals surface area contributed by atoms with Gasteiger partial charge in [0.2, 0.25) is 0 Å². The van der Waals surface area contributed by atoms with Crippen LogP contribution in [0.5, 0.6) is 0 Å². The topological polar surface area (TPSA) is 33.1 Å². The summed E-state index contributed by atoms with van der Waals surface area (Å²) >= 11 is 5.04. The van der Waals surface area contributed by atoms with Gasteiger partial charge in [-0.25, -0.2) is 4.98 Å². The highest BCUT2D eigenvalue weighted by Crippen LogP contribution is 2.28. The summed E-state index contributed by atoms with van der Waals surface area (Å²) in [6, 6.07) is 11.9. The van der Waals surface area contributed by atoms with E-state index >= 15 is 0 Å². The number of hydrogen-bond donors (Lipinski definition) is 1. The molecule has 17 heavy (non-hydrogen) atoms. The van der Waals surface area contributed by atoms with Gasteiger partial charge in [0.1, 0.15) is 5.03 Å². The van der Waals surface area contributed by atoms with Crippen molar-refractivity contribution in [3.8, 4) is 0 Å². The van der Waals surface area contributed by atoms with Gasteiger partial charge in [-0.2, -0.15) is 0 Å². The van der Waals surface area contributed by atoms with E-state index in [1.807, 2.05) is 30.3 Å². The van der Waals surface area contributed by atoms with E-state index in [4.69, 9.17) is 0 Å². The lowest BCUT2D eigenvalue weighted by molar-refractivity contribution is 0.198. The number of halogens is 1. The monoisotopic (exact) mass is 309 g/mol. The zero-order valence-corrected chi connectivity index (χ0v) is 11.7. The number of hydrogen-bond acceptors (Lipinski definition) is 3. The lowest BCUT2D eigenvalue weighted by atomic mass is 10.2. The van der Waals surface area contributed by atoms with E-state index in [0.717, 1.165) is 20.0 Å². The van der Waals surface area contributed by atoms with Gasteiger partial charge in [0.25, 0.3) is 0 Å². The van der Waals surface area contributed by atoms with Crippen molar-refractivity contribution < 1.29 is 5.11 Å². The summed E-state index contributed by atoms with van der Waals surface area (Å²) in [5, 5.41) is 10.3. The first-order valence-corrected chi connectivity index (χ1v) is 6.83. The largest absolute Gasteiger partial charge is 0.389 e. The van der Waals surface area contributed by atoms with Crippen LogP contribution in [0.25, 0.3) is 0 Å². The average molecular weight is 310 g/mol. The van der Waals surface area contributed by atoms with Gasteiger partial charge in [-0.1, -0.05) is 39.8 Å². The summed E-state index contributed by atoms with van der Waals surface area (Å²) in [6.07, 6.45) is 1.25. The Morgan fingerprint density at radius 2 is 2.12 bits per heavy atom. The first-order valence-electron chi connectivity index (χ1n) is 5.22. The van der Waals surface area contributed by atoms with Gasteiger partial charge in [-0.3, -0.25) is 0 Å². The molecule has 2 nitrogen and oxygen atoms in total. The summed E-state index contributed by atoms with van der Waals surface area (Å²) in [4.78, 5) is 5.45. The lowest BCUT2D eigenvalue weighted by Crippen LogP contribution is -1.92. The molecule has 0 aliphatic rings. The second kappa shape index (κ2) is 5.67. The molecule has 0 bridgehead atoms. The Balaban J connectivity index is 2.14. The Hall–Kier alpha value is -0.840. The Morgan fingerprint density at radius 3 is 2.71 bits per heavy atom. The quantitative estimate of drug-likeness (QED) is 0.928. The minimum atomic E-state index is -0.465.